The predicted molar refractivity (Wildman–Crippen MR) is 25.4 cm³/mol. The summed E-state index contributed by atoms with van der Waals surface area (Å²) < 4.78 is 0. The second kappa shape index (κ2) is 1.81. The summed E-state index contributed by atoms with van der Waals surface area (Å²) in [4.78, 5) is 20.5. The summed E-state index contributed by atoms with van der Waals surface area (Å²) in [6, 6.07) is -0.385. The number of Topliss-reactive ketones (excluding diaryl/α,β-unsaturated/α-hetero) is 1. The number of urea groups is 1. The molecule has 4 heteroatoms. The molecule has 8 heavy (non-hydrogen) atoms. The fourth-order valence-corrected chi connectivity index (χ4v) is 0.446. The molecule has 1 saturated heterocycles. The number of carbonyl (C=O) groups is 2. The summed E-state index contributed by atoms with van der Waals surface area (Å²) in [6.45, 7) is 0.189. The molecule has 1 fully saturated rings. The van der Waals surface area contributed by atoms with Gasteiger partial charge in [-0.1, -0.05) is 0 Å². The molecule has 1 rings (SSSR count). The average molecular weight is 113 g/mol. The highest BCUT2D eigenvalue weighted by Gasteiger charge is 2.13. The Bertz CT molecular complexity index is 104. The van der Waals surface area contributed by atoms with E-state index in [4.69, 9.17) is 0 Å². The van der Waals surface area contributed by atoms with E-state index in [0.29, 0.717) is 0 Å². The van der Waals surface area contributed by atoms with Crippen LogP contribution >= 0.6 is 0 Å². The average Bonchev–Trinajstić information content (AvgIpc) is 1.77. The number of nitrogens with one attached hydrogen (secondary N) is 1. The number of rotatable bonds is 0. The molecule has 0 atom stereocenters. The van der Waals surface area contributed by atoms with Crippen LogP contribution in [0.1, 0.15) is 0 Å². The van der Waals surface area contributed by atoms with Crippen LogP contribution in [0.2, 0.25) is 0 Å². The molecule has 1 aliphatic rings. The molecule has 2 amide bonds. The van der Waals surface area contributed by atoms with Crippen LogP contribution in [-0.4, -0.2) is 24.9 Å². The van der Waals surface area contributed by atoms with Crippen molar-refractivity contribution in [2.75, 3.05) is 13.1 Å². The van der Waals surface area contributed by atoms with Crippen LogP contribution in [0.5, 0.6) is 0 Å². The zero-order valence-electron chi connectivity index (χ0n) is 4.18. The fourth-order valence-electron chi connectivity index (χ4n) is 0.446. The molecule has 0 aromatic carbocycles. The van der Waals surface area contributed by atoms with Crippen molar-refractivity contribution in [2.45, 2.75) is 0 Å². The van der Waals surface area contributed by atoms with Crippen molar-refractivity contribution >= 4 is 11.8 Å². The van der Waals surface area contributed by atoms with E-state index >= 15 is 0 Å². The number of hydrogen-bond acceptors (Lipinski definition) is 2. The van der Waals surface area contributed by atoms with Crippen LogP contribution in [0, 0.1) is 0 Å². The van der Waals surface area contributed by atoms with E-state index in [9.17, 15) is 9.59 Å². The van der Waals surface area contributed by atoms with Gasteiger partial charge in [0.1, 0.15) is 6.54 Å². The molecule has 4 nitrogen and oxygen atoms in total. The normalized spacial score (nSPS) is 19.5. The van der Waals surface area contributed by atoms with Crippen LogP contribution < -0.4 is 10.6 Å². The zero-order valence-corrected chi connectivity index (χ0v) is 4.18. The molecular formula is C4H5N2O2. The maximum Gasteiger partial charge on any atom is 0.337 e. The van der Waals surface area contributed by atoms with Gasteiger partial charge in [0.2, 0.25) is 0 Å². The smallest absolute Gasteiger partial charge is 0.329 e. The molecule has 43 valence electrons. The van der Waals surface area contributed by atoms with Gasteiger partial charge in [-0.05, 0) is 0 Å². The number of ketones is 1. The van der Waals surface area contributed by atoms with Gasteiger partial charge in [0, 0.05) is 0 Å². The molecule has 0 spiro atoms. The zero-order chi connectivity index (χ0) is 5.98. The van der Waals surface area contributed by atoms with Gasteiger partial charge in [-0.15, -0.1) is 0 Å². The molecule has 0 aliphatic carbocycles. The molecule has 1 heterocycles. The Morgan fingerprint density at radius 2 is 2.25 bits per heavy atom. The maximum absolute atomic E-state index is 10.3. The SMILES string of the molecule is O=C1C[N]C(=O)NC1. The number of amides is 2. The highest BCUT2D eigenvalue weighted by Crippen LogP contribution is 1.78. The fraction of sp³-hybridized carbons (Fsp3) is 0.500. The van der Waals surface area contributed by atoms with Crippen molar-refractivity contribution in [2.24, 2.45) is 0 Å². The lowest BCUT2D eigenvalue weighted by atomic mass is 10.3. The van der Waals surface area contributed by atoms with Gasteiger partial charge >= 0.3 is 6.03 Å². The maximum atomic E-state index is 10.3. The van der Waals surface area contributed by atoms with E-state index in [-0.39, 0.29) is 24.9 Å². The third-order valence-electron chi connectivity index (χ3n) is 0.836. The lowest BCUT2D eigenvalue weighted by molar-refractivity contribution is -0.117. The van der Waals surface area contributed by atoms with Gasteiger partial charge < -0.3 is 5.32 Å². The summed E-state index contributed by atoms with van der Waals surface area (Å²) in [5.74, 6) is -0.0374. The lowest BCUT2D eigenvalue weighted by Gasteiger charge is -2.08. The molecule has 0 aromatic rings. The second-order valence-electron chi connectivity index (χ2n) is 1.51. The summed E-state index contributed by atoms with van der Waals surface area (Å²) in [5, 5.41) is 5.59. The van der Waals surface area contributed by atoms with Gasteiger partial charge in [0.25, 0.3) is 0 Å². The predicted octanol–water partition coefficient (Wildman–Crippen LogP) is -1.12. The lowest BCUT2D eigenvalue weighted by Crippen LogP contribution is -2.44. The van der Waals surface area contributed by atoms with Crippen molar-refractivity contribution < 1.29 is 9.59 Å². The van der Waals surface area contributed by atoms with Crippen LogP contribution in [0.4, 0.5) is 4.79 Å². The third kappa shape index (κ3) is 0.959. The first kappa shape index (κ1) is 5.08. The van der Waals surface area contributed by atoms with Crippen molar-refractivity contribution in [3.63, 3.8) is 0 Å². The van der Waals surface area contributed by atoms with Gasteiger partial charge in [-0.25, -0.2) is 10.1 Å². The van der Waals surface area contributed by atoms with Crippen LogP contribution in [0.3, 0.4) is 0 Å². The Labute approximate surface area is 46.3 Å². The van der Waals surface area contributed by atoms with Crippen LogP contribution in [0.15, 0.2) is 0 Å². The van der Waals surface area contributed by atoms with Crippen LogP contribution in [-0.2, 0) is 4.79 Å². The largest absolute Gasteiger partial charge is 0.337 e. The molecular weight excluding hydrogens is 108 g/mol. The molecule has 0 unspecified atom stereocenters. The first-order valence-electron chi connectivity index (χ1n) is 2.26. The summed E-state index contributed by atoms with van der Waals surface area (Å²) in [7, 11) is 0. The summed E-state index contributed by atoms with van der Waals surface area (Å²) in [6.07, 6.45) is 0. The molecule has 0 saturated carbocycles. The number of nitrogens with zero attached hydrogens (tertiary/aromatic N) is 1. The van der Waals surface area contributed by atoms with E-state index in [1.807, 2.05) is 0 Å². The first-order chi connectivity index (χ1) is 3.79. The first-order valence-corrected chi connectivity index (χ1v) is 2.26. The van der Waals surface area contributed by atoms with Crippen LogP contribution in [0.25, 0.3) is 0 Å². The Morgan fingerprint density at radius 1 is 1.50 bits per heavy atom. The van der Waals surface area contributed by atoms with Crippen molar-refractivity contribution in [3.8, 4) is 0 Å². The third-order valence-corrected chi connectivity index (χ3v) is 0.836. The standard InChI is InChI=1S/C4H5N2O2/c7-3-1-5-4(8)6-2-3/h1-2H2,(H,5,8). The van der Waals surface area contributed by atoms with Gasteiger partial charge in [-0.3, -0.25) is 4.79 Å². The monoisotopic (exact) mass is 113 g/mol. The molecule has 1 radical (unpaired) electrons. The van der Waals surface area contributed by atoms with E-state index in [1.54, 1.807) is 0 Å². The quantitative estimate of drug-likeness (QED) is 0.432. The van der Waals surface area contributed by atoms with Gasteiger partial charge in [0.15, 0.2) is 5.78 Å². The summed E-state index contributed by atoms with van der Waals surface area (Å²) in [5.41, 5.74) is 0. The Morgan fingerprint density at radius 3 is 2.62 bits per heavy atom. The van der Waals surface area contributed by atoms with Crippen molar-refractivity contribution in [3.05, 3.63) is 0 Å². The van der Waals surface area contributed by atoms with Gasteiger partial charge in [0.05, 0.1) is 6.54 Å². The molecule has 0 aromatic heterocycles. The van der Waals surface area contributed by atoms with E-state index < -0.39 is 0 Å². The summed E-state index contributed by atoms with van der Waals surface area (Å²) >= 11 is 0. The second-order valence-corrected chi connectivity index (χ2v) is 1.51. The number of carbonyl (C=O) groups excluding carboxylic acids is 2. The minimum Gasteiger partial charge on any atom is -0.329 e. The Hall–Kier alpha value is -1.06. The van der Waals surface area contributed by atoms with Crippen molar-refractivity contribution in [1.29, 1.82) is 0 Å². The number of hydrogen-bond donors (Lipinski definition) is 1. The Kier molecular flexibility index (Phi) is 1.15. The molecule has 1 aliphatic heterocycles. The molecule has 0 bridgehead atoms. The van der Waals surface area contributed by atoms with E-state index in [1.165, 1.54) is 0 Å². The molecule has 1 N–H and O–H groups in total. The van der Waals surface area contributed by atoms with E-state index in [0.717, 1.165) is 0 Å². The topological polar surface area (TPSA) is 60.3 Å². The Balaban J connectivity index is 2.40. The van der Waals surface area contributed by atoms with Crippen molar-refractivity contribution in [1.82, 2.24) is 10.6 Å². The highest BCUT2D eigenvalue weighted by molar-refractivity contribution is 5.92. The van der Waals surface area contributed by atoms with Gasteiger partial charge in [-0.2, -0.15) is 0 Å². The minimum atomic E-state index is -0.385. The highest BCUT2D eigenvalue weighted by atomic mass is 16.2. The van der Waals surface area contributed by atoms with E-state index in [2.05, 4.69) is 10.6 Å². The minimum absolute atomic E-state index is 0.0374.